The van der Waals surface area contributed by atoms with Crippen molar-refractivity contribution in [1.82, 2.24) is 0 Å². The van der Waals surface area contributed by atoms with E-state index in [0.29, 0.717) is 0 Å². The van der Waals surface area contributed by atoms with Gasteiger partial charge in [0.2, 0.25) is 0 Å². The molecule has 0 N–H and O–H groups in total. The van der Waals surface area contributed by atoms with Gasteiger partial charge >= 0.3 is 6.18 Å². The minimum Gasteiger partial charge on any atom is -0.294 e. The highest BCUT2D eigenvalue weighted by Crippen LogP contribution is 2.22. The SMILES string of the molecule is O=C(CC(F)(F)F)c1ccc(CCl)cc1. The number of hydrogen-bond acceptors (Lipinski definition) is 1. The van der Waals surface area contributed by atoms with Crippen LogP contribution in [-0.4, -0.2) is 12.0 Å². The Hall–Kier alpha value is -1.03. The lowest BCUT2D eigenvalue weighted by atomic mass is 10.1. The third-order valence-corrected chi connectivity index (χ3v) is 2.10. The van der Waals surface area contributed by atoms with E-state index in [1.54, 1.807) is 0 Å². The third-order valence-electron chi connectivity index (χ3n) is 1.79. The van der Waals surface area contributed by atoms with Crippen molar-refractivity contribution in [3.8, 4) is 0 Å². The van der Waals surface area contributed by atoms with Crippen LogP contribution in [0.2, 0.25) is 0 Å². The zero-order chi connectivity index (χ0) is 11.5. The molecule has 0 amide bonds. The molecule has 0 aliphatic rings. The Morgan fingerprint density at radius 3 is 2.13 bits per heavy atom. The number of hydrogen-bond donors (Lipinski definition) is 0. The van der Waals surface area contributed by atoms with Crippen molar-refractivity contribution in [2.75, 3.05) is 0 Å². The third kappa shape index (κ3) is 3.91. The molecule has 1 aromatic rings. The van der Waals surface area contributed by atoms with Crippen LogP contribution >= 0.6 is 11.6 Å². The van der Waals surface area contributed by atoms with Crippen molar-refractivity contribution in [3.05, 3.63) is 35.4 Å². The van der Waals surface area contributed by atoms with Gasteiger partial charge in [-0.1, -0.05) is 24.3 Å². The Morgan fingerprint density at radius 1 is 1.20 bits per heavy atom. The minimum absolute atomic E-state index is 0.0567. The first kappa shape index (κ1) is 12.0. The molecule has 0 fully saturated rings. The average Bonchev–Trinajstić information content (AvgIpc) is 2.15. The van der Waals surface area contributed by atoms with Gasteiger partial charge < -0.3 is 0 Å². The molecule has 0 radical (unpaired) electrons. The summed E-state index contributed by atoms with van der Waals surface area (Å²) in [5.74, 6) is -0.656. The highest BCUT2D eigenvalue weighted by molar-refractivity contribution is 6.17. The summed E-state index contributed by atoms with van der Waals surface area (Å²) in [7, 11) is 0. The fourth-order valence-electron chi connectivity index (χ4n) is 1.06. The van der Waals surface area contributed by atoms with Crippen LogP contribution in [-0.2, 0) is 5.88 Å². The summed E-state index contributed by atoms with van der Waals surface area (Å²) in [5.41, 5.74) is 0.821. The second-order valence-electron chi connectivity index (χ2n) is 3.05. The van der Waals surface area contributed by atoms with Crippen LogP contribution in [0.4, 0.5) is 13.2 Å². The van der Waals surface area contributed by atoms with Gasteiger partial charge in [0, 0.05) is 11.4 Å². The minimum atomic E-state index is -4.46. The summed E-state index contributed by atoms with van der Waals surface area (Å²) in [6.07, 6.45) is -5.88. The van der Waals surface area contributed by atoms with E-state index in [2.05, 4.69) is 0 Å². The lowest BCUT2D eigenvalue weighted by Crippen LogP contribution is -2.14. The van der Waals surface area contributed by atoms with Crippen LogP contribution in [0.5, 0.6) is 0 Å². The van der Waals surface area contributed by atoms with Crippen LogP contribution in [0.1, 0.15) is 22.3 Å². The maximum Gasteiger partial charge on any atom is 0.396 e. The first-order valence-corrected chi connectivity index (χ1v) is 4.70. The lowest BCUT2D eigenvalue weighted by molar-refractivity contribution is -0.125. The summed E-state index contributed by atoms with van der Waals surface area (Å²) in [6, 6.07) is 5.78. The zero-order valence-corrected chi connectivity index (χ0v) is 8.40. The van der Waals surface area contributed by atoms with E-state index in [1.165, 1.54) is 24.3 Å². The largest absolute Gasteiger partial charge is 0.396 e. The molecule has 0 aromatic heterocycles. The second-order valence-corrected chi connectivity index (χ2v) is 3.31. The number of halogens is 4. The maximum atomic E-state index is 11.9. The molecule has 0 aliphatic carbocycles. The summed E-state index contributed by atoms with van der Waals surface area (Å²) in [4.78, 5) is 11.1. The summed E-state index contributed by atoms with van der Waals surface area (Å²) in [5, 5.41) is 0. The fraction of sp³-hybridized carbons (Fsp3) is 0.300. The number of alkyl halides is 4. The standard InChI is InChI=1S/C10H8ClF3O/c11-6-7-1-3-8(4-2-7)9(15)5-10(12,13)14/h1-4H,5-6H2. The smallest absolute Gasteiger partial charge is 0.294 e. The van der Waals surface area contributed by atoms with Gasteiger partial charge in [0.15, 0.2) is 5.78 Å². The molecule has 1 rings (SSSR count). The molecule has 0 heterocycles. The van der Waals surface area contributed by atoms with Gasteiger partial charge in [-0.05, 0) is 5.56 Å². The molecule has 0 unspecified atom stereocenters. The van der Waals surface area contributed by atoms with Gasteiger partial charge in [0.1, 0.15) is 6.42 Å². The molecule has 0 saturated heterocycles. The van der Waals surface area contributed by atoms with Crippen LogP contribution in [0.25, 0.3) is 0 Å². The summed E-state index contributed by atoms with van der Waals surface area (Å²) >= 11 is 5.50. The average molecular weight is 237 g/mol. The van der Waals surface area contributed by atoms with Gasteiger partial charge in [-0.25, -0.2) is 0 Å². The fourth-order valence-corrected chi connectivity index (χ4v) is 1.24. The Kier molecular flexibility index (Phi) is 3.74. The highest BCUT2D eigenvalue weighted by Gasteiger charge is 2.31. The molecule has 0 saturated carbocycles. The Bertz CT molecular complexity index is 343. The number of benzene rings is 1. The molecule has 1 nitrogen and oxygen atoms in total. The summed E-state index contributed by atoms with van der Waals surface area (Å²) < 4.78 is 35.7. The van der Waals surface area contributed by atoms with Crippen molar-refractivity contribution >= 4 is 17.4 Å². The first-order valence-electron chi connectivity index (χ1n) is 4.17. The van der Waals surface area contributed by atoms with Gasteiger partial charge in [-0.15, -0.1) is 11.6 Å². The maximum absolute atomic E-state index is 11.9. The van der Waals surface area contributed by atoms with E-state index >= 15 is 0 Å². The topological polar surface area (TPSA) is 17.1 Å². The van der Waals surface area contributed by atoms with Crippen molar-refractivity contribution < 1.29 is 18.0 Å². The van der Waals surface area contributed by atoms with E-state index in [0.717, 1.165) is 5.56 Å². The molecular formula is C10H8ClF3O. The van der Waals surface area contributed by atoms with Gasteiger partial charge in [0.25, 0.3) is 0 Å². The van der Waals surface area contributed by atoms with Gasteiger partial charge in [-0.3, -0.25) is 4.79 Å². The van der Waals surface area contributed by atoms with E-state index in [-0.39, 0.29) is 11.4 Å². The number of ketones is 1. The van der Waals surface area contributed by atoms with Crippen molar-refractivity contribution in [2.45, 2.75) is 18.5 Å². The van der Waals surface area contributed by atoms with E-state index in [4.69, 9.17) is 11.6 Å². The van der Waals surface area contributed by atoms with Crippen LogP contribution in [0.3, 0.4) is 0 Å². The van der Waals surface area contributed by atoms with Gasteiger partial charge in [-0.2, -0.15) is 13.2 Å². The molecule has 82 valence electrons. The normalized spacial score (nSPS) is 11.5. The molecule has 0 atom stereocenters. The van der Waals surface area contributed by atoms with Crippen LogP contribution in [0, 0.1) is 0 Å². The zero-order valence-electron chi connectivity index (χ0n) is 7.64. The lowest BCUT2D eigenvalue weighted by Gasteiger charge is -2.05. The number of rotatable bonds is 3. The monoisotopic (exact) mass is 236 g/mol. The highest BCUT2D eigenvalue weighted by atomic mass is 35.5. The predicted octanol–water partition coefficient (Wildman–Crippen LogP) is 3.56. The molecule has 0 aliphatic heterocycles. The van der Waals surface area contributed by atoms with Crippen molar-refractivity contribution in [3.63, 3.8) is 0 Å². The van der Waals surface area contributed by atoms with E-state index in [1.807, 2.05) is 0 Å². The Morgan fingerprint density at radius 2 is 1.73 bits per heavy atom. The van der Waals surface area contributed by atoms with E-state index < -0.39 is 18.4 Å². The van der Waals surface area contributed by atoms with Crippen LogP contribution in [0.15, 0.2) is 24.3 Å². The summed E-state index contributed by atoms with van der Waals surface area (Å²) in [6.45, 7) is 0. The number of carbonyl (C=O) groups is 1. The number of Topliss-reactive ketones (excluding diaryl/α,β-unsaturated/α-hetero) is 1. The second kappa shape index (κ2) is 4.66. The Balaban J connectivity index is 2.75. The predicted molar refractivity (Wildman–Crippen MR) is 51.0 cm³/mol. The van der Waals surface area contributed by atoms with Crippen LogP contribution < -0.4 is 0 Å². The molecular weight excluding hydrogens is 229 g/mol. The molecule has 0 spiro atoms. The first-order chi connectivity index (χ1) is 6.92. The number of carbonyl (C=O) groups excluding carboxylic acids is 1. The molecule has 15 heavy (non-hydrogen) atoms. The van der Waals surface area contributed by atoms with Crippen molar-refractivity contribution in [1.29, 1.82) is 0 Å². The van der Waals surface area contributed by atoms with Gasteiger partial charge in [0.05, 0.1) is 0 Å². The van der Waals surface area contributed by atoms with E-state index in [9.17, 15) is 18.0 Å². The Labute approximate surface area is 89.9 Å². The molecule has 0 bridgehead atoms. The molecule has 5 heteroatoms. The molecule has 1 aromatic carbocycles. The quantitative estimate of drug-likeness (QED) is 0.579. The van der Waals surface area contributed by atoms with Crippen molar-refractivity contribution in [2.24, 2.45) is 0 Å².